The number of thiophene rings is 1. The van der Waals surface area contributed by atoms with Crippen LogP contribution in [0.3, 0.4) is 0 Å². The number of carbonyl (C=O) groups is 1. The van der Waals surface area contributed by atoms with Gasteiger partial charge in [-0.2, -0.15) is 0 Å². The van der Waals surface area contributed by atoms with E-state index >= 15 is 0 Å². The molecule has 2 aromatic heterocycles. The van der Waals surface area contributed by atoms with E-state index in [2.05, 4.69) is 15.3 Å². The first kappa shape index (κ1) is 15.2. The molecule has 0 aliphatic carbocycles. The van der Waals surface area contributed by atoms with Crippen molar-refractivity contribution in [2.75, 3.05) is 19.0 Å². The second kappa shape index (κ2) is 6.62. The third kappa shape index (κ3) is 3.40. The lowest BCUT2D eigenvalue weighted by molar-refractivity contribution is -0.118. The van der Waals surface area contributed by atoms with Crippen molar-refractivity contribution in [2.45, 2.75) is 6.92 Å². The second-order valence-electron chi connectivity index (χ2n) is 4.86. The summed E-state index contributed by atoms with van der Waals surface area (Å²) in [7, 11) is 1.56. The number of rotatable bonds is 5. The predicted octanol–water partition coefficient (Wildman–Crippen LogP) is 3.03. The van der Waals surface area contributed by atoms with Crippen molar-refractivity contribution in [3.8, 4) is 11.6 Å². The van der Waals surface area contributed by atoms with Crippen molar-refractivity contribution in [3.05, 3.63) is 41.5 Å². The zero-order chi connectivity index (χ0) is 16.2. The molecular formula is C16H15N3O3S. The molecule has 0 radical (unpaired) electrons. The molecule has 3 rings (SSSR count). The molecule has 0 aliphatic heterocycles. The van der Waals surface area contributed by atoms with Crippen molar-refractivity contribution in [2.24, 2.45) is 0 Å². The molecule has 0 spiro atoms. The first-order valence-electron chi connectivity index (χ1n) is 6.93. The molecule has 7 heteroatoms. The Morgan fingerprint density at radius 2 is 2.17 bits per heavy atom. The van der Waals surface area contributed by atoms with E-state index in [9.17, 15) is 4.79 Å². The number of anilines is 1. The number of benzene rings is 1. The third-order valence-corrected chi connectivity index (χ3v) is 4.01. The lowest BCUT2D eigenvalue weighted by Gasteiger charge is -2.11. The predicted molar refractivity (Wildman–Crippen MR) is 89.3 cm³/mol. The normalized spacial score (nSPS) is 10.5. The van der Waals surface area contributed by atoms with E-state index in [1.807, 2.05) is 36.6 Å². The molecule has 0 bridgehead atoms. The lowest BCUT2D eigenvalue weighted by Crippen LogP contribution is -2.21. The van der Waals surface area contributed by atoms with E-state index < -0.39 is 0 Å². The van der Waals surface area contributed by atoms with Crippen molar-refractivity contribution < 1.29 is 14.3 Å². The van der Waals surface area contributed by atoms with E-state index in [4.69, 9.17) is 9.47 Å². The van der Waals surface area contributed by atoms with Crippen molar-refractivity contribution in [1.82, 2.24) is 9.97 Å². The number of nitrogens with one attached hydrogen (secondary N) is 1. The molecule has 1 N–H and O–H groups in total. The molecule has 0 saturated heterocycles. The fourth-order valence-electron chi connectivity index (χ4n) is 2.12. The van der Waals surface area contributed by atoms with Crippen LogP contribution in [0.2, 0.25) is 0 Å². The topological polar surface area (TPSA) is 73.3 Å². The van der Waals surface area contributed by atoms with Gasteiger partial charge in [0.1, 0.15) is 16.9 Å². The highest BCUT2D eigenvalue weighted by atomic mass is 32.1. The quantitative estimate of drug-likeness (QED) is 0.779. The summed E-state index contributed by atoms with van der Waals surface area (Å²) in [4.78, 5) is 21.2. The van der Waals surface area contributed by atoms with E-state index in [0.717, 1.165) is 15.8 Å². The molecule has 0 aliphatic rings. The summed E-state index contributed by atoms with van der Waals surface area (Å²) < 4.78 is 10.8. The van der Waals surface area contributed by atoms with Gasteiger partial charge in [-0.15, -0.1) is 11.3 Å². The molecule has 1 aromatic carbocycles. The van der Waals surface area contributed by atoms with Crippen LogP contribution >= 0.6 is 11.3 Å². The maximum absolute atomic E-state index is 12.1. The Kier molecular flexibility index (Phi) is 4.38. The van der Waals surface area contributed by atoms with Crippen LogP contribution in [0.4, 0.5) is 5.69 Å². The number of carbonyl (C=O) groups excluding carboxylic acids is 1. The Hall–Kier alpha value is -2.67. The van der Waals surface area contributed by atoms with Gasteiger partial charge in [0.05, 0.1) is 18.2 Å². The van der Waals surface area contributed by atoms with Gasteiger partial charge in [-0.1, -0.05) is 6.07 Å². The lowest BCUT2D eigenvalue weighted by atomic mass is 10.2. The van der Waals surface area contributed by atoms with Crippen LogP contribution in [-0.2, 0) is 4.79 Å². The van der Waals surface area contributed by atoms with E-state index in [0.29, 0.717) is 17.3 Å². The average Bonchev–Trinajstić information content (AvgIpc) is 3.02. The van der Waals surface area contributed by atoms with Crippen LogP contribution in [0.1, 0.15) is 5.56 Å². The number of fused-ring (bicyclic) bond motifs is 1. The zero-order valence-corrected chi connectivity index (χ0v) is 13.5. The molecule has 3 aromatic rings. The minimum absolute atomic E-state index is 0.140. The number of amides is 1. The number of methoxy groups -OCH3 is 1. The van der Waals surface area contributed by atoms with Crippen LogP contribution < -0.4 is 14.8 Å². The summed E-state index contributed by atoms with van der Waals surface area (Å²) in [5.74, 6) is 0.727. The summed E-state index contributed by atoms with van der Waals surface area (Å²) in [6.45, 7) is 1.80. The van der Waals surface area contributed by atoms with Crippen LogP contribution in [0, 0.1) is 6.92 Å². The highest BCUT2D eigenvalue weighted by Crippen LogP contribution is 2.26. The van der Waals surface area contributed by atoms with Gasteiger partial charge in [0.15, 0.2) is 6.61 Å². The van der Waals surface area contributed by atoms with Crippen molar-refractivity contribution in [3.63, 3.8) is 0 Å². The van der Waals surface area contributed by atoms with Gasteiger partial charge < -0.3 is 14.8 Å². The maximum Gasteiger partial charge on any atom is 0.262 e. The maximum atomic E-state index is 12.1. The van der Waals surface area contributed by atoms with Gasteiger partial charge in [-0.25, -0.2) is 9.97 Å². The van der Waals surface area contributed by atoms with E-state index in [1.165, 1.54) is 17.7 Å². The SMILES string of the molecule is COc1ccc(C)cc1NC(=O)COc1ncnc2sccc12. The summed E-state index contributed by atoms with van der Waals surface area (Å²) >= 11 is 1.50. The molecular weight excluding hydrogens is 314 g/mol. The van der Waals surface area contributed by atoms with E-state index in [-0.39, 0.29) is 12.5 Å². The minimum Gasteiger partial charge on any atom is -0.495 e. The minimum atomic E-state index is -0.282. The number of aryl methyl sites for hydroxylation is 1. The van der Waals surface area contributed by atoms with Crippen molar-refractivity contribution in [1.29, 1.82) is 0 Å². The summed E-state index contributed by atoms with van der Waals surface area (Å²) in [6, 6.07) is 7.44. The number of ether oxygens (including phenoxy) is 2. The van der Waals surface area contributed by atoms with Crippen LogP contribution in [-0.4, -0.2) is 29.6 Å². The highest BCUT2D eigenvalue weighted by molar-refractivity contribution is 7.16. The first-order chi connectivity index (χ1) is 11.2. The third-order valence-electron chi connectivity index (χ3n) is 3.19. The fourth-order valence-corrected chi connectivity index (χ4v) is 2.85. The molecule has 23 heavy (non-hydrogen) atoms. The summed E-state index contributed by atoms with van der Waals surface area (Å²) in [5.41, 5.74) is 1.64. The van der Waals surface area contributed by atoms with Gasteiger partial charge in [0.25, 0.3) is 5.91 Å². The number of aromatic nitrogens is 2. The Bertz CT molecular complexity index is 847. The Balaban J connectivity index is 1.68. The van der Waals surface area contributed by atoms with Gasteiger partial charge >= 0.3 is 0 Å². The highest BCUT2D eigenvalue weighted by Gasteiger charge is 2.11. The Morgan fingerprint density at radius 3 is 3.00 bits per heavy atom. The zero-order valence-electron chi connectivity index (χ0n) is 12.7. The Morgan fingerprint density at radius 1 is 1.30 bits per heavy atom. The molecule has 0 fully saturated rings. The fraction of sp³-hybridized carbons (Fsp3) is 0.188. The van der Waals surface area contributed by atoms with Crippen molar-refractivity contribution >= 4 is 33.1 Å². The molecule has 6 nitrogen and oxygen atoms in total. The van der Waals surface area contributed by atoms with Crippen LogP contribution in [0.15, 0.2) is 36.0 Å². The Labute approximate surface area is 137 Å². The second-order valence-corrected chi connectivity index (χ2v) is 5.75. The number of nitrogens with zero attached hydrogens (tertiary/aromatic N) is 2. The molecule has 0 saturated carbocycles. The number of hydrogen-bond acceptors (Lipinski definition) is 6. The first-order valence-corrected chi connectivity index (χ1v) is 7.81. The van der Waals surface area contributed by atoms with Gasteiger partial charge in [-0.3, -0.25) is 4.79 Å². The van der Waals surface area contributed by atoms with Gasteiger partial charge in [-0.05, 0) is 36.1 Å². The molecule has 118 valence electrons. The molecule has 0 atom stereocenters. The van der Waals surface area contributed by atoms with Crippen LogP contribution in [0.5, 0.6) is 11.6 Å². The number of hydrogen-bond donors (Lipinski definition) is 1. The largest absolute Gasteiger partial charge is 0.495 e. The molecule has 1 amide bonds. The summed E-state index contributed by atoms with van der Waals surface area (Å²) in [5, 5.41) is 5.50. The molecule has 2 heterocycles. The monoisotopic (exact) mass is 329 g/mol. The standard InChI is InChI=1S/C16H15N3O3S/c1-10-3-4-13(21-2)12(7-10)19-14(20)8-22-15-11-5-6-23-16(11)18-9-17-15/h3-7,9H,8H2,1-2H3,(H,19,20). The summed E-state index contributed by atoms with van der Waals surface area (Å²) in [6.07, 6.45) is 1.43. The van der Waals surface area contributed by atoms with Gasteiger partial charge in [0, 0.05) is 0 Å². The molecule has 0 unspecified atom stereocenters. The van der Waals surface area contributed by atoms with Gasteiger partial charge in [0.2, 0.25) is 5.88 Å². The van der Waals surface area contributed by atoms with E-state index in [1.54, 1.807) is 7.11 Å². The smallest absolute Gasteiger partial charge is 0.262 e. The average molecular weight is 329 g/mol. The van der Waals surface area contributed by atoms with Crippen LogP contribution in [0.25, 0.3) is 10.2 Å².